The van der Waals surface area contributed by atoms with Gasteiger partial charge in [-0.3, -0.25) is 0 Å². The lowest BCUT2D eigenvalue weighted by atomic mass is 10.4. The van der Waals surface area contributed by atoms with Gasteiger partial charge >= 0.3 is 5.22 Å². The van der Waals surface area contributed by atoms with Gasteiger partial charge in [-0.1, -0.05) is 18.2 Å². The molecule has 0 spiro atoms. The molecule has 0 aliphatic carbocycles. The molecule has 0 saturated carbocycles. The van der Waals surface area contributed by atoms with Crippen LogP contribution in [0.3, 0.4) is 0 Å². The topological polar surface area (TPSA) is 76.3 Å². The lowest BCUT2D eigenvalue weighted by Crippen LogP contribution is -2.10. The van der Waals surface area contributed by atoms with Gasteiger partial charge in [0, 0.05) is 14.1 Å². The zero-order chi connectivity index (χ0) is 12.5. The largest absolute Gasteiger partial charge is 0.349 e. The monoisotopic (exact) mass is 253 g/mol. The summed E-state index contributed by atoms with van der Waals surface area (Å²) in [5.41, 5.74) is 0. The average molecular weight is 253 g/mol. The Bertz CT molecular complexity index is 605. The van der Waals surface area contributed by atoms with Crippen LogP contribution in [-0.4, -0.2) is 32.7 Å². The molecule has 90 valence electrons. The Hall–Kier alpha value is -1.89. The van der Waals surface area contributed by atoms with Crippen molar-refractivity contribution < 1.29 is 12.9 Å². The van der Waals surface area contributed by atoms with Crippen LogP contribution in [0.4, 0.5) is 5.95 Å². The molecule has 0 aliphatic heterocycles. The molecule has 0 radical (unpaired) electrons. The molecule has 1 heterocycles. The molecule has 0 saturated heterocycles. The molecular formula is C10H11N3O3S. The fourth-order valence-electron chi connectivity index (χ4n) is 1.19. The van der Waals surface area contributed by atoms with E-state index >= 15 is 0 Å². The van der Waals surface area contributed by atoms with Crippen LogP contribution >= 0.6 is 0 Å². The van der Waals surface area contributed by atoms with E-state index in [-0.39, 0.29) is 10.8 Å². The minimum atomic E-state index is -3.72. The number of anilines is 1. The van der Waals surface area contributed by atoms with Crippen LogP contribution < -0.4 is 4.90 Å². The van der Waals surface area contributed by atoms with E-state index in [1.54, 1.807) is 37.2 Å². The second kappa shape index (κ2) is 4.17. The third-order valence-electron chi connectivity index (χ3n) is 2.08. The molecule has 6 nitrogen and oxygen atoms in total. The average Bonchev–Trinajstić information content (AvgIpc) is 2.80. The fraction of sp³-hybridized carbons (Fsp3) is 0.200. The Morgan fingerprint density at radius 3 is 2.35 bits per heavy atom. The quantitative estimate of drug-likeness (QED) is 0.811. The lowest BCUT2D eigenvalue weighted by molar-refractivity contribution is 0.329. The highest BCUT2D eigenvalue weighted by atomic mass is 32.2. The highest BCUT2D eigenvalue weighted by Crippen LogP contribution is 2.20. The molecule has 0 unspecified atom stereocenters. The Morgan fingerprint density at radius 1 is 1.18 bits per heavy atom. The molecule has 0 amide bonds. The third-order valence-corrected chi connectivity index (χ3v) is 3.60. The van der Waals surface area contributed by atoms with E-state index in [0.29, 0.717) is 0 Å². The zero-order valence-electron chi connectivity index (χ0n) is 9.36. The Labute approximate surface area is 98.8 Å². The first-order chi connectivity index (χ1) is 8.01. The summed E-state index contributed by atoms with van der Waals surface area (Å²) in [6, 6.07) is 7.97. The number of rotatable bonds is 3. The van der Waals surface area contributed by atoms with Crippen molar-refractivity contribution in [3.8, 4) is 0 Å². The van der Waals surface area contributed by atoms with Crippen LogP contribution in [0, 0.1) is 0 Å². The summed E-state index contributed by atoms with van der Waals surface area (Å²) >= 11 is 0. The van der Waals surface area contributed by atoms with Crippen molar-refractivity contribution >= 4 is 15.8 Å². The summed E-state index contributed by atoms with van der Waals surface area (Å²) in [5.74, 6) is 0.222. The van der Waals surface area contributed by atoms with E-state index in [4.69, 9.17) is 4.52 Å². The van der Waals surface area contributed by atoms with Crippen molar-refractivity contribution in [3.63, 3.8) is 0 Å². The Balaban J connectivity index is 2.46. The molecule has 2 aromatic rings. The van der Waals surface area contributed by atoms with Gasteiger partial charge in [-0.05, 0) is 17.3 Å². The molecule has 17 heavy (non-hydrogen) atoms. The number of nitrogens with zero attached hydrogens (tertiary/aromatic N) is 3. The van der Waals surface area contributed by atoms with Crippen LogP contribution in [0.1, 0.15) is 0 Å². The highest BCUT2D eigenvalue weighted by molar-refractivity contribution is 7.91. The van der Waals surface area contributed by atoms with Crippen molar-refractivity contribution in [2.75, 3.05) is 19.0 Å². The van der Waals surface area contributed by atoms with Crippen molar-refractivity contribution in [3.05, 3.63) is 30.3 Å². The van der Waals surface area contributed by atoms with Crippen LogP contribution in [0.5, 0.6) is 0 Å². The lowest BCUT2D eigenvalue weighted by Gasteiger charge is -2.02. The Morgan fingerprint density at radius 2 is 1.82 bits per heavy atom. The predicted octanol–water partition coefficient (Wildman–Crippen LogP) is 0.968. The molecule has 0 aliphatic rings. The van der Waals surface area contributed by atoms with Crippen LogP contribution in [-0.2, 0) is 9.84 Å². The number of benzene rings is 1. The van der Waals surface area contributed by atoms with E-state index in [2.05, 4.69) is 10.1 Å². The summed E-state index contributed by atoms with van der Waals surface area (Å²) in [5, 5.41) is 3.17. The van der Waals surface area contributed by atoms with Gasteiger partial charge in [-0.25, -0.2) is 8.42 Å². The number of hydrogen-bond acceptors (Lipinski definition) is 6. The normalized spacial score (nSPS) is 11.4. The third kappa shape index (κ3) is 2.14. The molecular weight excluding hydrogens is 242 g/mol. The fourth-order valence-corrected chi connectivity index (χ4v) is 2.25. The standard InChI is InChI=1S/C10H11N3O3S/c1-13(2)9-11-10(16-12-9)17(14,15)8-6-4-3-5-7-8/h3-7H,1-2H3. The van der Waals surface area contributed by atoms with Gasteiger partial charge in [0.2, 0.25) is 0 Å². The number of hydrogen-bond donors (Lipinski definition) is 0. The van der Waals surface area contributed by atoms with Gasteiger partial charge in [-0.15, -0.1) is 0 Å². The summed E-state index contributed by atoms with van der Waals surface area (Å²) in [6.45, 7) is 0. The highest BCUT2D eigenvalue weighted by Gasteiger charge is 2.25. The molecule has 0 fully saturated rings. The molecule has 7 heteroatoms. The summed E-state index contributed by atoms with van der Waals surface area (Å²) < 4.78 is 28.9. The van der Waals surface area contributed by atoms with Crippen LogP contribution in [0.15, 0.2) is 45.0 Å². The molecule has 2 rings (SSSR count). The second-order valence-corrected chi connectivity index (χ2v) is 5.40. The van der Waals surface area contributed by atoms with Crippen LogP contribution in [0.2, 0.25) is 0 Å². The Kier molecular flexibility index (Phi) is 2.84. The molecule has 1 aromatic carbocycles. The molecule has 0 N–H and O–H groups in total. The van der Waals surface area contributed by atoms with Gasteiger partial charge in [0.05, 0.1) is 4.90 Å². The molecule has 1 aromatic heterocycles. The van der Waals surface area contributed by atoms with Crippen molar-refractivity contribution in [2.24, 2.45) is 0 Å². The first-order valence-electron chi connectivity index (χ1n) is 4.83. The number of aromatic nitrogens is 2. The van der Waals surface area contributed by atoms with E-state index in [9.17, 15) is 8.42 Å². The molecule has 0 bridgehead atoms. The smallest absolute Gasteiger partial charge is 0.344 e. The second-order valence-electron chi connectivity index (χ2n) is 3.57. The minimum Gasteiger partial charge on any atom is -0.344 e. The molecule has 0 atom stereocenters. The van der Waals surface area contributed by atoms with E-state index in [1.165, 1.54) is 12.1 Å². The van der Waals surface area contributed by atoms with Gasteiger partial charge in [0.1, 0.15) is 0 Å². The van der Waals surface area contributed by atoms with Crippen molar-refractivity contribution in [1.82, 2.24) is 10.1 Å². The van der Waals surface area contributed by atoms with E-state index in [0.717, 1.165) is 0 Å². The van der Waals surface area contributed by atoms with Gasteiger partial charge < -0.3 is 9.42 Å². The maximum Gasteiger partial charge on any atom is 0.349 e. The van der Waals surface area contributed by atoms with Gasteiger partial charge in [0.25, 0.3) is 15.8 Å². The van der Waals surface area contributed by atoms with E-state index < -0.39 is 15.1 Å². The van der Waals surface area contributed by atoms with Gasteiger partial charge in [0.15, 0.2) is 0 Å². The summed E-state index contributed by atoms with van der Waals surface area (Å²) in [4.78, 5) is 5.51. The summed E-state index contributed by atoms with van der Waals surface area (Å²) in [7, 11) is -0.322. The van der Waals surface area contributed by atoms with Gasteiger partial charge in [-0.2, -0.15) is 4.98 Å². The van der Waals surface area contributed by atoms with Crippen molar-refractivity contribution in [1.29, 1.82) is 0 Å². The predicted molar refractivity (Wildman–Crippen MR) is 60.5 cm³/mol. The zero-order valence-corrected chi connectivity index (χ0v) is 10.2. The van der Waals surface area contributed by atoms with Crippen LogP contribution in [0.25, 0.3) is 0 Å². The first-order valence-corrected chi connectivity index (χ1v) is 6.31. The van der Waals surface area contributed by atoms with E-state index in [1.807, 2.05) is 0 Å². The maximum atomic E-state index is 12.1. The number of sulfone groups is 1. The SMILES string of the molecule is CN(C)c1noc(S(=O)(=O)c2ccccc2)n1. The maximum absolute atomic E-state index is 12.1. The first kappa shape index (κ1) is 11.6. The minimum absolute atomic E-state index is 0.133. The van der Waals surface area contributed by atoms with Crippen molar-refractivity contribution in [2.45, 2.75) is 10.1 Å². The summed E-state index contributed by atoms with van der Waals surface area (Å²) in [6.07, 6.45) is 0.